The summed E-state index contributed by atoms with van der Waals surface area (Å²) < 4.78 is 4.97. The fourth-order valence-electron chi connectivity index (χ4n) is 1.25. The maximum atomic E-state index is 11.9. The Morgan fingerprint density at radius 3 is 2.75 bits per heavy atom. The van der Waals surface area contributed by atoms with Crippen LogP contribution in [-0.4, -0.2) is 35.0 Å². The second-order valence-electron chi connectivity index (χ2n) is 3.15. The van der Waals surface area contributed by atoms with Gasteiger partial charge in [-0.15, -0.1) is 6.42 Å². The van der Waals surface area contributed by atoms with Crippen LogP contribution < -0.4 is 0 Å². The fourth-order valence-corrected chi connectivity index (χ4v) is 1.25. The molecule has 0 bridgehead atoms. The van der Waals surface area contributed by atoms with Gasteiger partial charge < -0.3 is 14.4 Å². The first-order chi connectivity index (χ1) is 7.56. The van der Waals surface area contributed by atoms with Crippen molar-refractivity contribution in [3.05, 3.63) is 23.7 Å². The first-order valence-electron chi connectivity index (χ1n) is 4.55. The number of nitrogens with zero attached hydrogens (tertiary/aromatic N) is 1. The number of carbonyl (C=O) groups is 2. The minimum Gasteiger partial charge on any atom is -0.480 e. The normalized spacial score (nSPS) is 9.50. The average Bonchev–Trinajstić information content (AvgIpc) is 2.62. The first-order valence-corrected chi connectivity index (χ1v) is 4.55. The van der Waals surface area contributed by atoms with Crippen LogP contribution in [-0.2, 0) is 4.79 Å². The van der Waals surface area contributed by atoms with Gasteiger partial charge >= 0.3 is 5.97 Å². The highest BCUT2D eigenvalue weighted by molar-refractivity contribution is 5.96. The molecule has 0 saturated heterocycles. The third-order valence-electron chi connectivity index (χ3n) is 1.98. The molecule has 1 rings (SSSR count). The Bertz CT molecular complexity index is 441. The number of terminal acetylenes is 1. The van der Waals surface area contributed by atoms with Crippen LogP contribution in [0.1, 0.15) is 16.1 Å². The summed E-state index contributed by atoms with van der Waals surface area (Å²) in [6.07, 6.45) is 6.45. The Morgan fingerprint density at radius 1 is 1.62 bits per heavy atom. The smallest absolute Gasteiger partial charge is 0.323 e. The number of furan rings is 1. The molecular formula is C11H11NO4. The molecule has 0 atom stereocenters. The lowest BCUT2D eigenvalue weighted by Crippen LogP contribution is -2.36. The van der Waals surface area contributed by atoms with Crippen molar-refractivity contribution in [3.8, 4) is 12.3 Å². The maximum Gasteiger partial charge on any atom is 0.323 e. The molecule has 0 aliphatic carbocycles. The van der Waals surface area contributed by atoms with E-state index in [9.17, 15) is 9.59 Å². The molecule has 1 amide bonds. The van der Waals surface area contributed by atoms with Gasteiger partial charge in [0.05, 0.1) is 18.4 Å². The van der Waals surface area contributed by atoms with Gasteiger partial charge in [0.15, 0.2) is 0 Å². The lowest BCUT2D eigenvalue weighted by atomic mass is 10.2. The van der Waals surface area contributed by atoms with Crippen molar-refractivity contribution in [1.82, 2.24) is 4.90 Å². The first kappa shape index (κ1) is 11.9. The zero-order chi connectivity index (χ0) is 12.1. The van der Waals surface area contributed by atoms with Crippen LogP contribution in [0.3, 0.4) is 0 Å². The number of aryl methyl sites for hydroxylation is 1. The molecule has 0 aliphatic heterocycles. The Hall–Kier alpha value is -2.22. The predicted molar refractivity (Wildman–Crippen MR) is 55.8 cm³/mol. The molecule has 84 valence electrons. The van der Waals surface area contributed by atoms with Crippen molar-refractivity contribution >= 4 is 11.9 Å². The highest BCUT2D eigenvalue weighted by atomic mass is 16.4. The summed E-state index contributed by atoms with van der Waals surface area (Å²) in [7, 11) is 0. The van der Waals surface area contributed by atoms with Gasteiger partial charge in [0.25, 0.3) is 5.91 Å². The molecule has 0 saturated carbocycles. The number of carbonyl (C=O) groups excluding carboxylic acids is 1. The summed E-state index contributed by atoms with van der Waals surface area (Å²) in [6, 6.07) is 1.49. The van der Waals surface area contributed by atoms with Gasteiger partial charge in [-0.25, -0.2) is 0 Å². The predicted octanol–water partition coefficient (Wildman–Crippen LogP) is 0.748. The van der Waals surface area contributed by atoms with Gasteiger partial charge in [-0.3, -0.25) is 9.59 Å². The number of rotatable bonds is 4. The van der Waals surface area contributed by atoms with Crippen LogP contribution in [0.4, 0.5) is 0 Å². The van der Waals surface area contributed by atoms with Crippen molar-refractivity contribution in [2.24, 2.45) is 0 Å². The second kappa shape index (κ2) is 5.03. The number of hydrogen-bond donors (Lipinski definition) is 1. The van der Waals surface area contributed by atoms with Gasteiger partial charge in [0.2, 0.25) is 0 Å². The lowest BCUT2D eigenvalue weighted by molar-refractivity contribution is -0.137. The Kier molecular flexibility index (Phi) is 3.72. The van der Waals surface area contributed by atoms with E-state index < -0.39 is 18.4 Å². The van der Waals surface area contributed by atoms with Crippen LogP contribution in [0.5, 0.6) is 0 Å². The van der Waals surface area contributed by atoms with Crippen LogP contribution >= 0.6 is 0 Å². The topological polar surface area (TPSA) is 70.8 Å². The largest absolute Gasteiger partial charge is 0.480 e. The van der Waals surface area contributed by atoms with E-state index in [2.05, 4.69) is 5.92 Å². The third kappa shape index (κ3) is 2.64. The number of amides is 1. The maximum absolute atomic E-state index is 11.9. The number of hydrogen-bond acceptors (Lipinski definition) is 3. The zero-order valence-corrected chi connectivity index (χ0v) is 8.77. The highest BCUT2D eigenvalue weighted by Gasteiger charge is 2.20. The fraction of sp³-hybridized carbons (Fsp3) is 0.273. The molecule has 0 radical (unpaired) electrons. The monoisotopic (exact) mass is 221 g/mol. The molecule has 1 aromatic rings. The molecule has 0 unspecified atom stereocenters. The van der Waals surface area contributed by atoms with Crippen LogP contribution in [0.15, 0.2) is 16.7 Å². The molecule has 1 N–H and O–H groups in total. The van der Waals surface area contributed by atoms with Gasteiger partial charge in [0, 0.05) is 0 Å². The molecule has 0 aliphatic rings. The van der Waals surface area contributed by atoms with Crippen LogP contribution in [0.25, 0.3) is 0 Å². The van der Waals surface area contributed by atoms with E-state index in [1.807, 2.05) is 0 Å². The number of carboxylic acid groups (broad SMARTS) is 1. The van der Waals surface area contributed by atoms with E-state index >= 15 is 0 Å². The molecule has 5 heteroatoms. The summed E-state index contributed by atoms with van der Waals surface area (Å²) in [5, 5.41) is 8.64. The Labute approximate surface area is 92.7 Å². The Morgan fingerprint density at radius 2 is 2.31 bits per heavy atom. The molecular weight excluding hydrogens is 210 g/mol. The van der Waals surface area contributed by atoms with Gasteiger partial charge in [0.1, 0.15) is 12.3 Å². The molecule has 5 nitrogen and oxygen atoms in total. The van der Waals surface area contributed by atoms with Crippen LogP contribution in [0, 0.1) is 19.3 Å². The molecule has 0 aromatic carbocycles. The highest BCUT2D eigenvalue weighted by Crippen LogP contribution is 2.11. The zero-order valence-electron chi connectivity index (χ0n) is 8.77. The van der Waals surface area contributed by atoms with E-state index in [4.69, 9.17) is 15.9 Å². The quantitative estimate of drug-likeness (QED) is 0.761. The Balaban J connectivity index is 2.88. The molecule has 1 heterocycles. The second-order valence-corrected chi connectivity index (χ2v) is 3.15. The van der Waals surface area contributed by atoms with Crippen molar-refractivity contribution in [2.75, 3.05) is 13.1 Å². The van der Waals surface area contributed by atoms with Crippen molar-refractivity contribution < 1.29 is 19.1 Å². The van der Waals surface area contributed by atoms with Crippen molar-refractivity contribution in [3.63, 3.8) is 0 Å². The SMILES string of the molecule is C#CCN(CC(=O)O)C(=O)c1ccoc1C. The standard InChI is InChI=1S/C11H11NO4/c1-3-5-12(7-10(13)14)11(15)9-4-6-16-8(9)2/h1,4,6H,5,7H2,2H3,(H,13,14). The number of carboxylic acids is 1. The summed E-state index contributed by atoms with van der Waals surface area (Å²) >= 11 is 0. The van der Waals surface area contributed by atoms with E-state index in [0.717, 1.165) is 4.90 Å². The lowest BCUT2D eigenvalue weighted by Gasteiger charge is -2.17. The molecule has 16 heavy (non-hydrogen) atoms. The minimum atomic E-state index is -1.11. The summed E-state index contributed by atoms with van der Waals surface area (Å²) in [5.74, 6) is 1.14. The van der Waals surface area contributed by atoms with Crippen molar-refractivity contribution in [2.45, 2.75) is 6.92 Å². The minimum absolute atomic E-state index is 0.0459. The summed E-state index contributed by atoms with van der Waals surface area (Å²) in [5.41, 5.74) is 0.330. The van der Waals surface area contributed by atoms with E-state index in [1.165, 1.54) is 12.3 Å². The summed E-state index contributed by atoms with van der Waals surface area (Å²) in [6.45, 7) is 1.16. The molecule has 0 fully saturated rings. The van der Waals surface area contributed by atoms with E-state index in [0.29, 0.717) is 11.3 Å². The van der Waals surface area contributed by atoms with E-state index in [-0.39, 0.29) is 6.54 Å². The van der Waals surface area contributed by atoms with E-state index in [1.54, 1.807) is 6.92 Å². The van der Waals surface area contributed by atoms with Crippen molar-refractivity contribution in [1.29, 1.82) is 0 Å². The number of aliphatic carboxylic acids is 1. The van der Waals surface area contributed by atoms with Crippen LogP contribution in [0.2, 0.25) is 0 Å². The summed E-state index contributed by atoms with van der Waals surface area (Å²) in [4.78, 5) is 23.5. The van der Waals surface area contributed by atoms with Gasteiger partial charge in [-0.05, 0) is 13.0 Å². The average molecular weight is 221 g/mol. The van der Waals surface area contributed by atoms with Gasteiger partial charge in [-0.1, -0.05) is 5.92 Å². The molecule has 1 aromatic heterocycles. The molecule has 0 spiro atoms. The van der Waals surface area contributed by atoms with Gasteiger partial charge in [-0.2, -0.15) is 0 Å². The third-order valence-corrected chi connectivity index (χ3v) is 1.98.